The molecule has 4 saturated carbocycles. The molecule has 5 aliphatic rings. The van der Waals surface area contributed by atoms with Gasteiger partial charge in [0.2, 0.25) is 0 Å². The van der Waals surface area contributed by atoms with E-state index < -0.39 is 27.6 Å². The maximum Gasteiger partial charge on any atom is 0.314 e. The van der Waals surface area contributed by atoms with Crippen molar-refractivity contribution in [3.8, 4) is 0 Å². The molecule has 5 aliphatic carbocycles. The van der Waals surface area contributed by atoms with E-state index in [-0.39, 0.29) is 52.8 Å². The summed E-state index contributed by atoms with van der Waals surface area (Å²) in [6, 6.07) is 9.65. The first-order valence-corrected chi connectivity index (χ1v) is 16.7. The van der Waals surface area contributed by atoms with Crippen molar-refractivity contribution in [1.82, 2.24) is 0 Å². The highest BCUT2D eigenvalue weighted by molar-refractivity contribution is 5.98. The fraction of sp³-hybridized carbons (Fsp3) is 0.684. The third-order valence-electron chi connectivity index (χ3n) is 14.2. The molecule has 0 saturated heterocycles. The predicted octanol–water partition coefficient (Wildman–Crippen LogP) is 7.43. The van der Waals surface area contributed by atoms with Crippen molar-refractivity contribution in [2.75, 3.05) is 7.11 Å². The van der Waals surface area contributed by atoms with Gasteiger partial charge in [0.1, 0.15) is 12.4 Å². The van der Waals surface area contributed by atoms with E-state index >= 15 is 0 Å². The Labute approximate surface area is 262 Å². The van der Waals surface area contributed by atoms with Crippen LogP contribution in [0.25, 0.3) is 0 Å². The maximum atomic E-state index is 14.7. The van der Waals surface area contributed by atoms with Gasteiger partial charge >= 0.3 is 11.9 Å². The van der Waals surface area contributed by atoms with E-state index in [0.717, 1.165) is 36.8 Å². The van der Waals surface area contributed by atoms with Gasteiger partial charge in [-0.1, -0.05) is 77.4 Å². The number of methoxy groups -OCH3 is 1. The molecule has 0 N–H and O–H groups in total. The molecule has 2 unspecified atom stereocenters. The number of benzene rings is 1. The van der Waals surface area contributed by atoms with Gasteiger partial charge in [0, 0.05) is 23.7 Å². The van der Waals surface area contributed by atoms with Crippen LogP contribution >= 0.6 is 0 Å². The lowest BCUT2D eigenvalue weighted by Gasteiger charge is -2.70. The standard InChI is InChI=1S/C38H50O6/c1-24-27(39)13-14-35(5)29-21-28(40)30-26-22-33(2,3)15-18-37(26,31(41)43-7)19-16-36(30,6)34(29,4)17-20-38(24,35)32(42)44-23-25-11-9-8-10-12-25/h8-12,21,24,26,30H,13-20,22-23H2,1-7H3/t24-,26-,30?,34-,35-,36-,37+,38?/m1/s1. The zero-order valence-corrected chi connectivity index (χ0v) is 27.7. The quantitative estimate of drug-likeness (QED) is 0.333. The van der Waals surface area contributed by atoms with E-state index in [1.54, 1.807) is 0 Å². The highest BCUT2D eigenvalue weighted by Gasteiger charge is 2.74. The highest BCUT2D eigenvalue weighted by atomic mass is 16.5. The average molecular weight is 603 g/mol. The fourth-order valence-corrected chi connectivity index (χ4v) is 11.3. The molecule has 1 aromatic rings. The molecule has 6 heteroatoms. The number of Topliss-reactive ketones (excluding diaryl/α,β-unsaturated/α-hetero) is 1. The van der Waals surface area contributed by atoms with Crippen LogP contribution in [0.1, 0.15) is 105 Å². The summed E-state index contributed by atoms with van der Waals surface area (Å²) in [6.45, 7) is 13.3. The molecule has 8 atom stereocenters. The molecule has 4 fully saturated rings. The van der Waals surface area contributed by atoms with E-state index in [1.165, 1.54) is 7.11 Å². The molecule has 0 radical (unpaired) electrons. The van der Waals surface area contributed by atoms with Crippen molar-refractivity contribution >= 4 is 23.5 Å². The van der Waals surface area contributed by atoms with Crippen LogP contribution in [0.15, 0.2) is 42.0 Å². The number of hydrogen-bond donors (Lipinski definition) is 0. The number of esters is 2. The minimum absolute atomic E-state index is 0.0288. The first kappa shape index (κ1) is 31.2. The van der Waals surface area contributed by atoms with E-state index in [0.29, 0.717) is 32.1 Å². The minimum Gasteiger partial charge on any atom is -0.469 e. The van der Waals surface area contributed by atoms with Crippen LogP contribution < -0.4 is 0 Å². The molecular weight excluding hydrogens is 552 g/mol. The maximum absolute atomic E-state index is 14.7. The Morgan fingerprint density at radius 2 is 1.52 bits per heavy atom. The zero-order chi connectivity index (χ0) is 31.9. The van der Waals surface area contributed by atoms with Gasteiger partial charge in [-0.25, -0.2) is 0 Å². The Hall–Kier alpha value is -2.76. The normalized spacial score (nSPS) is 42.5. The van der Waals surface area contributed by atoms with Crippen LogP contribution in [-0.4, -0.2) is 30.6 Å². The van der Waals surface area contributed by atoms with Crippen molar-refractivity contribution in [1.29, 1.82) is 0 Å². The van der Waals surface area contributed by atoms with Crippen LogP contribution in [-0.2, 0) is 35.3 Å². The number of carbonyl (C=O) groups excluding carboxylic acids is 4. The summed E-state index contributed by atoms with van der Waals surface area (Å²) in [4.78, 5) is 56.0. The van der Waals surface area contributed by atoms with E-state index in [1.807, 2.05) is 43.3 Å². The zero-order valence-electron chi connectivity index (χ0n) is 27.7. The number of carbonyl (C=O) groups is 4. The summed E-state index contributed by atoms with van der Waals surface area (Å²) >= 11 is 0. The number of ether oxygens (including phenoxy) is 2. The van der Waals surface area contributed by atoms with Gasteiger partial charge in [-0.05, 0) is 85.2 Å². The first-order chi connectivity index (χ1) is 20.6. The number of allylic oxidation sites excluding steroid dienone is 2. The third-order valence-corrected chi connectivity index (χ3v) is 14.2. The van der Waals surface area contributed by atoms with Crippen molar-refractivity contribution in [3.63, 3.8) is 0 Å². The van der Waals surface area contributed by atoms with Crippen LogP contribution in [0.3, 0.4) is 0 Å². The Kier molecular flexibility index (Phi) is 7.18. The lowest BCUT2D eigenvalue weighted by molar-refractivity contribution is -0.204. The summed E-state index contributed by atoms with van der Waals surface area (Å²) in [6.07, 6.45) is 7.96. The van der Waals surface area contributed by atoms with Crippen molar-refractivity contribution < 1.29 is 28.7 Å². The fourth-order valence-electron chi connectivity index (χ4n) is 11.3. The van der Waals surface area contributed by atoms with Gasteiger partial charge in [-0.3, -0.25) is 19.2 Å². The average Bonchev–Trinajstić information content (AvgIpc) is 2.99. The molecule has 6 nitrogen and oxygen atoms in total. The van der Waals surface area contributed by atoms with E-state index in [2.05, 4.69) is 34.6 Å². The van der Waals surface area contributed by atoms with E-state index in [4.69, 9.17) is 9.47 Å². The predicted molar refractivity (Wildman–Crippen MR) is 167 cm³/mol. The molecule has 6 rings (SSSR count). The topological polar surface area (TPSA) is 86.7 Å². The van der Waals surface area contributed by atoms with Gasteiger partial charge in [-0.2, -0.15) is 0 Å². The van der Waals surface area contributed by atoms with Crippen LogP contribution in [0.4, 0.5) is 0 Å². The Morgan fingerprint density at radius 3 is 2.20 bits per heavy atom. The molecule has 44 heavy (non-hydrogen) atoms. The molecule has 0 bridgehead atoms. The monoisotopic (exact) mass is 602 g/mol. The number of rotatable bonds is 4. The molecule has 238 valence electrons. The van der Waals surface area contributed by atoms with Crippen LogP contribution in [0.5, 0.6) is 0 Å². The van der Waals surface area contributed by atoms with Crippen LogP contribution in [0, 0.1) is 50.2 Å². The molecule has 1 aromatic carbocycles. The molecule has 0 heterocycles. The smallest absolute Gasteiger partial charge is 0.314 e. The third kappa shape index (κ3) is 3.97. The van der Waals surface area contributed by atoms with Crippen molar-refractivity contribution in [3.05, 3.63) is 47.5 Å². The second kappa shape index (κ2) is 10.1. The molecule has 0 amide bonds. The van der Waals surface area contributed by atoms with E-state index in [9.17, 15) is 19.2 Å². The molecular formula is C38H50O6. The summed E-state index contributed by atoms with van der Waals surface area (Å²) in [5.41, 5.74) is -1.18. The SMILES string of the molecule is COC(=O)[C@]12CCC(C)(C)C[C@@H]1C1C(=O)C=C3[C@@]4(C)CCC(=O)[C@@H](C)C4(C(=O)OCc4ccccc4)CC[C@@]3(C)[C@]1(C)CC2. The van der Waals surface area contributed by atoms with Gasteiger partial charge < -0.3 is 9.47 Å². The van der Waals surface area contributed by atoms with Gasteiger partial charge in [0.05, 0.1) is 17.9 Å². The molecule has 0 spiro atoms. The first-order valence-electron chi connectivity index (χ1n) is 16.7. The second-order valence-electron chi connectivity index (χ2n) is 16.4. The van der Waals surface area contributed by atoms with Crippen LogP contribution in [0.2, 0.25) is 0 Å². The minimum atomic E-state index is -1.04. The lowest BCUT2D eigenvalue weighted by Crippen LogP contribution is -2.68. The Balaban J connectivity index is 1.45. The van der Waals surface area contributed by atoms with Crippen molar-refractivity contribution in [2.24, 2.45) is 50.2 Å². The molecule has 0 aromatic heterocycles. The Morgan fingerprint density at radius 1 is 0.841 bits per heavy atom. The second-order valence-corrected chi connectivity index (χ2v) is 16.4. The highest BCUT2D eigenvalue weighted by Crippen LogP contribution is 2.76. The summed E-state index contributed by atoms with van der Waals surface area (Å²) in [5.74, 6) is -1.21. The molecule has 0 aliphatic heterocycles. The Bertz CT molecular complexity index is 1430. The summed E-state index contributed by atoms with van der Waals surface area (Å²) in [5, 5.41) is 0. The number of ketones is 2. The summed E-state index contributed by atoms with van der Waals surface area (Å²) in [7, 11) is 1.48. The van der Waals surface area contributed by atoms with Gasteiger partial charge in [0.25, 0.3) is 0 Å². The summed E-state index contributed by atoms with van der Waals surface area (Å²) < 4.78 is 11.5. The lowest BCUT2D eigenvalue weighted by atomic mass is 9.32. The number of hydrogen-bond acceptors (Lipinski definition) is 6. The van der Waals surface area contributed by atoms with Crippen molar-refractivity contribution in [2.45, 2.75) is 106 Å². The van der Waals surface area contributed by atoms with Gasteiger partial charge in [0.15, 0.2) is 5.78 Å². The number of fused-ring (bicyclic) bond motifs is 7. The largest absolute Gasteiger partial charge is 0.469 e. The van der Waals surface area contributed by atoms with Gasteiger partial charge in [-0.15, -0.1) is 0 Å².